The third kappa shape index (κ3) is 2.46. The SMILES string of the molecule is CC(C)(C)c1ccc(-c2ccccc2C(N)=O)s1. The number of rotatable bonds is 2. The first kappa shape index (κ1) is 12.8. The molecule has 0 aliphatic rings. The maximum Gasteiger partial charge on any atom is 0.249 e. The van der Waals surface area contributed by atoms with Crippen LogP contribution in [0.5, 0.6) is 0 Å². The van der Waals surface area contributed by atoms with Crippen molar-refractivity contribution in [3.63, 3.8) is 0 Å². The fourth-order valence-corrected chi connectivity index (χ4v) is 2.90. The fraction of sp³-hybridized carbons (Fsp3) is 0.267. The molecule has 1 heterocycles. The van der Waals surface area contributed by atoms with Gasteiger partial charge in [-0.3, -0.25) is 4.79 Å². The maximum atomic E-state index is 11.4. The predicted octanol–water partition coefficient (Wildman–Crippen LogP) is 3.81. The molecule has 0 radical (unpaired) electrons. The van der Waals surface area contributed by atoms with Gasteiger partial charge in [-0.15, -0.1) is 11.3 Å². The highest BCUT2D eigenvalue weighted by atomic mass is 32.1. The third-order valence-corrected chi connectivity index (χ3v) is 4.35. The molecule has 0 atom stereocenters. The van der Waals surface area contributed by atoms with Crippen LogP contribution in [0.1, 0.15) is 36.0 Å². The number of thiophene rings is 1. The minimum Gasteiger partial charge on any atom is -0.366 e. The lowest BCUT2D eigenvalue weighted by Gasteiger charge is -2.15. The molecule has 2 N–H and O–H groups in total. The van der Waals surface area contributed by atoms with Crippen molar-refractivity contribution >= 4 is 17.2 Å². The van der Waals surface area contributed by atoms with E-state index in [2.05, 4.69) is 32.9 Å². The summed E-state index contributed by atoms with van der Waals surface area (Å²) in [6.45, 7) is 6.55. The van der Waals surface area contributed by atoms with Crippen LogP contribution in [-0.4, -0.2) is 5.91 Å². The molecule has 1 aromatic heterocycles. The first-order chi connectivity index (χ1) is 8.39. The molecule has 2 nitrogen and oxygen atoms in total. The van der Waals surface area contributed by atoms with E-state index in [9.17, 15) is 4.79 Å². The number of carbonyl (C=O) groups excluding carboxylic acids is 1. The largest absolute Gasteiger partial charge is 0.366 e. The number of benzene rings is 1. The summed E-state index contributed by atoms with van der Waals surface area (Å²) in [7, 11) is 0. The van der Waals surface area contributed by atoms with Crippen molar-refractivity contribution in [1.29, 1.82) is 0 Å². The molecule has 2 aromatic rings. The van der Waals surface area contributed by atoms with Crippen LogP contribution in [-0.2, 0) is 5.41 Å². The Labute approximate surface area is 111 Å². The van der Waals surface area contributed by atoms with Crippen LogP contribution in [0.25, 0.3) is 10.4 Å². The number of hydrogen-bond donors (Lipinski definition) is 1. The van der Waals surface area contributed by atoms with E-state index in [0.29, 0.717) is 5.56 Å². The molecule has 0 bridgehead atoms. The van der Waals surface area contributed by atoms with Gasteiger partial charge < -0.3 is 5.73 Å². The van der Waals surface area contributed by atoms with Crippen LogP contribution in [0.2, 0.25) is 0 Å². The highest BCUT2D eigenvalue weighted by Gasteiger charge is 2.18. The van der Waals surface area contributed by atoms with Gasteiger partial charge in [0.2, 0.25) is 5.91 Å². The molecule has 1 aromatic carbocycles. The van der Waals surface area contributed by atoms with E-state index < -0.39 is 0 Å². The summed E-state index contributed by atoms with van der Waals surface area (Å²) in [5, 5.41) is 0. The number of primary amides is 1. The second-order valence-electron chi connectivity index (χ2n) is 5.32. The minimum absolute atomic E-state index is 0.130. The quantitative estimate of drug-likeness (QED) is 0.875. The molecule has 1 amide bonds. The summed E-state index contributed by atoms with van der Waals surface area (Å²) < 4.78 is 0. The van der Waals surface area contributed by atoms with Crippen LogP contribution in [0.3, 0.4) is 0 Å². The number of nitrogens with two attached hydrogens (primary N) is 1. The Kier molecular flexibility index (Phi) is 3.26. The third-order valence-electron chi connectivity index (χ3n) is 2.80. The van der Waals surface area contributed by atoms with E-state index in [4.69, 9.17) is 5.73 Å². The Bertz CT molecular complexity index is 578. The molecule has 3 heteroatoms. The monoisotopic (exact) mass is 259 g/mol. The van der Waals surface area contributed by atoms with E-state index in [1.165, 1.54) is 4.88 Å². The maximum absolute atomic E-state index is 11.4. The van der Waals surface area contributed by atoms with Gasteiger partial charge in [0.25, 0.3) is 0 Å². The summed E-state index contributed by atoms with van der Waals surface area (Å²) in [6, 6.07) is 11.7. The summed E-state index contributed by atoms with van der Waals surface area (Å²) in [5.41, 5.74) is 7.04. The van der Waals surface area contributed by atoms with Gasteiger partial charge in [-0.1, -0.05) is 39.0 Å². The molecule has 0 spiro atoms. The molecule has 0 aliphatic carbocycles. The molecule has 2 rings (SSSR count). The van der Waals surface area contributed by atoms with Crippen molar-refractivity contribution in [3.05, 3.63) is 46.8 Å². The van der Waals surface area contributed by atoms with Crippen LogP contribution >= 0.6 is 11.3 Å². The number of hydrogen-bond acceptors (Lipinski definition) is 2. The second-order valence-corrected chi connectivity index (χ2v) is 6.41. The highest BCUT2D eigenvalue weighted by Crippen LogP contribution is 2.36. The molecule has 0 aliphatic heterocycles. The Morgan fingerprint density at radius 2 is 1.78 bits per heavy atom. The Balaban J connectivity index is 2.50. The molecule has 18 heavy (non-hydrogen) atoms. The van der Waals surface area contributed by atoms with E-state index in [0.717, 1.165) is 10.4 Å². The zero-order valence-corrected chi connectivity index (χ0v) is 11.7. The molecule has 94 valence electrons. The minimum atomic E-state index is -0.378. The van der Waals surface area contributed by atoms with Gasteiger partial charge in [-0.05, 0) is 23.6 Å². The van der Waals surface area contributed by atoms with Crippen molar-refractivity contribution in [1.82, 2.24) is 0 Å². The Hall–Kier alpha value is -1.61. The standard InChI is InChI=1S/C15H17NOS/c1-15(2,3)13-9-8-12(18-13)10-6-4-5-7-11(10)14(16)17/h4-9H,1-3H3,(H2,16,17). The van der Waals surface area contributed by atoms with Crippen LogP contribution in [0.4, 0.5) is 0 Å². The highest BCUT2D eigenvalue weighted by molar-refractivity contribution is 7.15. The van der Waals surface area contributed by atoms with Crippen molar-refractivity contribution in [2.75, 3.05) is 0 Å². The topological polar surface area (TPSA) is 43.1 Å². The Morgan fingerprint density at radius 3 is 2.33 bits per heavy atom. The lowest BCUT2D eigenvalue weighted by Crippen LogP contribution is -2.11. The molecule has 0 unspecified atom stereocenters. The van der Waals surface area contributed by atoms with Gasteiger partial charge >= 0.3 is 0 Å². The average molecular weight is 259 g/mol. The fourth-order valence-electron chi connectivity index (χ4n) is 1.80. The lowest BCUT2D eigenvalue weighted by atomic mass is 9.95. The molecule has 0 saturated carbocycles. The summed E-state index contributed by atoms with van der Waals surface area (Å²) in [5.74, 6) is -0.378. The summed E-state index contributed by atoms with van der Waals surface area (Å²) in [6.07, 6.45) is 0. The van der Waals surface area contributed by atoms with Crippen molar-refractivity contribution in [2.45, 2.75) is 26.2 Å². The van der Waals surface area contributed by atoms with Gasteiger partial charge in [0, 0.05) is 20.9 Å². The number of carbonyl (C=O) groups is 1. The first-order valence-electron chi connectivity index (χ1n) is 5.89. The predicted molar refractivity (Wildman–Crippen MR) is 77.0 cm³/mol. The van der Waals surface area contributed by atoms with Crippen molar-refractivity contribution in [3.8, 4) is 10.4 Å². The second kappa shape index (κ2) is 4.58. The van der Waals surface area contributed by atoms with E-state index in [1.54, 1.807) is 17.4 Å². The zero-order chi connectivity index (χ0) is 13.3. The van der Waals surface area contributed by atoms with E-state index in [-0.39, 0.29) is 11.3 Å². The summed E-state index contributed by atoms with van der Waals surface area (Å²) >= 11 is 1.72. The van der Waals surface area contributed by atoms with Crippen molar-refractivity contribution < 1.29 is 4.79 Å². The molecule has 0 fully saturated rings. The van der Waals surface area contributed by atoms with E-state index in [1.807, 2.05) is 18.2 Å². The normalized spacial score (nSPS) is 11.5. The van der Waals surface area contributed by atoms with Gasteiger partial charge in [-0.25, -0.2) is 0 Å². The molecule has 0 saturated heterocycles. The van der Waals surface area contributed by atoms with Gasteiger partial charge in [-0.2, -0.15) is 0 Å². The summed E-state index contributed by atoms with van der Waals surface area (Å²) in [4.78, 5) is 13.8. The average Bonchev–Trinajstić information content (AvgIpc) is 2.77. The van der Waals surface area contributed by atoms with Gasteiger partial charge in [0.05, 0.1) is 0 Å². The van der Waals surface area contributed by atoms with E-state index >= 15 is 0 Å². The molecular formula is C15H17NOS. The smallest absolute Gasteiger partial charge is 0.249 e. The van der Waals surface area contributed by atoms with Crippen LogP contribution in [0.15, 0.2) is 36.4 Å². The van der Waals surface area contributed by atoms with Gasteiger partial charge in [0.1, 0.15) is 0 Å². The van der Waals surface area contributed by atoms with Crippen LogP contribution in [0, 0.1) is 0 Å². The Morgan fingerprint density at radius 1 is 1.11 bits per heavy atom. The lowest BCUT2D eigenvalue weighted by molar-refractivity contribution is 0.100. The first-order valence-corrected chi connectivity index (χ1v) is 6.71. The van der Waals surface area contributed by atoms with Crippen LogP contribution < -0.4 is 5.73 Å². The molecular weight excluding hydrogens is 242 g/mol. The number of amides is 1. The zero-order valence-electron chi connectivity index (χ0n) is 10.9. The van der Waals surface area contributed by atoms with Crippen molar-refractivity contribution in [2.24, 2.45) is 5.73 Å². The van der Waals surface area contributed by atoms with Gasteiger partial charge in [0.15, 0.2) is 0 Å².